The first kappa shape index (κ1) is 31.9. The third-order valence-corrected chi connectivity index (χ3v) is 7.77. The summed E-state index contributed by atoms with van der Waals surface area (Å²) in [6.07, 6.45) is 5.62. The maximum absolute atomic E-state index is 12.2. The van der Waals surface area contributed by atoms with Crippen molar-refractivity contribution in [1.29, 1.82) is 0 Å². The van der Waals surface area contributed by atoms with Gasteiger partial charge in [-0.2, -0.15) is 9.29 Å². The van der Waals surface area contributed by atoms with Crippen LogP contribution in [-0.4, -0.2) is 90.7 Å². The van der Waals surface area contributed by atoms with Crippen LogP contribution in [0, 0.1) is 5.92 Å². The highest BCUT2D eigenvalue weighted by Crippen LogP contribution is 2.24. The molecular weight excluding hydrogens is 490 g/mol. The Morgan fingerprint density at radius 1 is 0.886 bits per heavy atom. The minimum atomic E-state index is -0.567. The number of halogens is 2. The van der Waals surface area contributed by atoms with Gasteiger partial charge in [-0.3, -0.25) is 4.79 Å². The summed E-state index contributed by atoms with van der Waals surface area (Å²) in [7, 11) is -0.567. The van der Waals surface area contributed by atoms with Gasteiger partial charge in [-0.1, -0.05) is 0 Å². The maximum Gasteiger partial charge on any atom is 0.621 e. The van der Waals surface area contributed by atoms with E-state index in [1.54, 1.807) is 0 Å². The van der Waals surface area contributed by atoms with Gasteiger partial charge >= 0.3 is 7.12 Å². The van der Waals surface area contributed by atoms with Crippen molar-refractivity contribution in [2.45, 2.75) is 60.4 Å². The van der Waals surface area contributed by atoms with Gasteiger partial charge in [0.1, 0.15) is 39.3 Å². The summed E-state index contributed by atoms with van der Waals surface area (Å²) in [6.45, 7) is 19.4. The van der Waals surface area contributed by atoms with E-state index >= 15 is 0 Å². The van der Waals surface area contributed by atoms with Crippen molar-refractivity contribution >= 4 is 24.4 Å². The molecule has 12 heteroatoms. The Hall–Kier alpha value is -1.17. The molecule has 4 heterocycles. The number of hydrogen-bond donors (Lipinski definition) is 1. The molecule has 3 aliphatic rings. The number of rotatable bonds is 12. The van der Waals surface area contributed by atoms with Crippen molar-refractivity contribution in [2.24, 2.45) is 5.92 Å². The molecule has 0 spiro atoms. The molecule has 1 aromatic heterocycles. The number of amides is 1. The molecular formula is C23H43BCl2N6O3. The van der Waals surface area contributed by atoms with Crippen molar-refractivity contribution < 1.29 is 48.4 Å². The average molecular weight is 533 g/mol. The molecule has 1 aromatic rings. The van der Waals surface area contributed by atoms with Gasteiger partial charge in [-0.25, -0.2) is 19.5 Å². The van der Waals surface area contributed by atoms with Crippen LogP contribution >= 0.6 is 0 Å². The van der Waals surface area contributed by atoms with Crippen LogP contribution in [-0.2, 0) is 14.3 Å². The van der Waals surface area contributed by atoms with E-state index in [4.69, 9.17) is 19.5 Å². The van der Waals surface area contributed by atoms with Gasteiger partial charge in [-0.15, -0.1) is 0 Å². The van der Waals surface area contributed by atoms with Gasteiger partial charge in [0.25, 0.3) is 0 Å². The molecule has 3 fully saturated rings. The van der Waals surface area contributed by atoms with Crippen molar-refractivity contribution in [1.82, 2.24) is 15.3 Å². The van der Waals surface area contributed by atoms with Gasteiger partial charge in [0.2, 0.25) is 11.9 Å². The second-order valence-electron chi connectivity index (χ2n) is 9.26. The maximum atomic E-state index is 12.2. The Labute approximate surface area is 224 Å². The number of anilines is 1. The fraction of sp³-hybridized carbons (Fsp3) is 0.783. The SMILES string of the molecule is CC[N+](CC)(CC)OB(O[N+](CC)(CC)CC)c1cnc(N2CC3CCC(C2)C(=O)N3)nc1.[Cl-].[Cl-]. The van der Waals surface area contributed by atoms with E-state index in [0.29, 0.717) is 21.8 Å². The first-order chi connectivity index (χ1) is 15.9. The Kier molecular flexibility index (Phi) is 12.7. The normalized spacial score (nSPS) is 19.9. The van der Waals surface area contributed by atoms with Gasteiger partial charge in [0.15, 0.2) is 0 Å². The fourth-order valence-electron chi connectivity index (χ4n) is 4.96. The van der Waals surface area contributed by atoms with Gasteiger partial charge in [0.05, 0.1) is 5.92 Å². The molecule has 2 bridgehead atoms. The van der Waals surface area contributed by atoms with E-state index in [1.807, 2.05) is 12.4 Å². The van der Waals surface area contributed by atoms with Crippen molar-refractivity contribution in [3.05, 3.63) is 12.4 Å². The highest BCUT2D eigenvalue weighted by Gasteiger charge is 2.43. The zero-order chi connectivity index (χ0) is 24.1. The zero-order valence-corrected chi connectivity index (χ0v) is 23.7. The molecule has 2 atom stereocenters. The Balaban J connectivity index is 0.00000306. The van der Waals surface area contributed by atoms with E-state index in [9.17, 15) is 4.79 Å². The molecule has 1 amide bonds. The van der Waals surface area contributed by atoms with Crippen LogP contribution < -0.4 is 40.5 Å². The van der Waals surface area contributed by atoms with Crippen LogP contribution in [0.5, 0.6) is 0 Å². The number of carbonyl (C=O) groups excluding carboxylic acids is 1. The van der Waals surface area contributed by atoms with Gasteiger partial charge in [0, 0.05) is 37.0 Å². The number of fused-ring (bicyclic) bond motifs is 4. The van der Waals surface area contributed by atoms with Gasteiger partial charge < -0.3 is 35.0 Å². The number of aromatic nitrogens is 2. The Morgan fingerprint density at radius 3 is 1.80 bits per heavy atom. The molecule has 1 N–H and O–H groups in total. The van der Waals surface area contributed by atoms with Crippen molar-refractivity contribution in [3.63, 3.8) is 0 Å². The third-order valence-electron chi connectivity index (χ3n) is 7.77. The quantitative estimate of drug-likeness (QED) is 0.166. The topological polar surface area (TPSA) is 76.6 Å². The molecule has 9 nitrogen and oxygen atoms in total. The summed E-state index contributed by atoms with van der Waals surface area (Å²) in [5, 5.41) is 3.12. The van der Waals surface area contributed by atoms with Crippen molar-refractivity contribution in [3.8, 4) is 0 Å². The minimum absolute atomic E-state index is 0. The molecule has 0 saturated carbocycles. The summed E-state index contributed by atoms with van der Waals surface area (Å²) in [5.74, 6) is 0.836. The Morgan fingerprint density at radius 2 is 1.37 bits per heavy atom. The lowest BCUT2D eigenvalue weighted by atomic mass is 9.81. The number of nitrogens with zero attached hydrogens (tertiary/aromatic N) is 5. The fourth-order valence-corrected chi connectivity index (χ4v) is 4.96. The van der Waals surface area contributed by atoms with E-state index in [1.165, 1.54) is 0 Å². The van der Waals surface area contributed by atoms with Crippen LogP contribution in [0.25, 0.3) is 0 Å². The third kappa shape index (κ3) is 7.20. The highest BCUT2D eigenvalue weighted by molar-refractivity contribution is 6.60. The van der Waals surface area contributed by atoms with Gasteiger partial charge in [-0.05, 0) is 54.4 Å². The standard InChI is InChI=1S/C23H42BN6O3.2ClH/c1-7-29(8-2,9-3)32-24(33-30(10-4,11-5)12-6)20-15-25-23(26-16-20)28-17-19-13-14-21(18-28)27-22(19)31;;/h15-16,19,21H,7-14,17-18H2,1-6H3;2*1H/q+1;;/p-1. The van der Waals surface area contributed by atoms with E-state index < -0.39 is 7.12 Å². The van der Waals surface area contributed by atoms with Crippen LogP contribution in [0.1, 0.15) is 54.4 Å². The lowest BCUT2D eigenvalue weighted by Gasteiger charge is -2.39. The summed E-state index contributed by atoms with van der Waals surface area (Å²) < 4.78 is 14.3. The number of hydrogen-bond acceptors (Lipinski definition) is 6. The molecule has 2 unspecified atom stereocenters. The Bertz CT molecular complexity index is 744. The number of nitrogens with one attached hydrogen (secondary N) is 1. The predicted molar refractivity (Wildman–Crippen MR) is 130 cm³/mol. The second kappa shape index (κ2) is 14.0. The zero-order valence-electron chi connectivity index (χ0n) is 22.2. The smallest absolute Gasteiger partial charge is 0.621 e. The van der Waals surface area contributed by atoms with E-state index in [2.05, 4.69) is 51.8 Å². The second-order valence-corrected chi connectivity index (χ2v) is 9.26. The summed E-state index contributed by atoms with van der Waals surface area (Å²) in [6, 6.07) is 0.173. The molecule has 35 heavy (non-hydrogen) atoms. The summed E-state index contributed by atoms with van der Waals surface area (Å²) in [5.41, 5.74) is 0.821. The molecule has 3 saturated heterocycles. The lowest BCUT2D eigenvalue weighted by Crippen LogP contribution is -3.00. The van der Waals surface area contributed by atoms with Crippen molar-refractivity contribution in [2.75, 3.05) is 57.3 Å². The molecule has 3 aliphatic heterocycles. The molecule has 200 valence electrons. The number of quaternary nitrogens is 2. The summed E-state index contributed by atoms with van der Waals surface area (Å²) >= 11 is 0. The largest absolute Gasteiger partial charge is 1.00 e. The van der Waals surface area contributed by atoms with Crippen LogP contribution in [0.2, 0.25) is 0 Å². The predicted octanol–water partition coefficient (Wildman–Crippen LogP) is -4.49. The molecule has 0 aliphatic carbocycles. The number of piperidine rings is 1. The van der Waals surface area contributed by atoms with Crippen LogP contribution in [0.15, 0.2) is 12.4 Å². The lowest BCUT2D eigenvalue weighted by molar-refractivity contribution is -1.11. The highest BCUT2D eigenvalue weighted by atomic mass is 35.5. The number of carbonyl (C=O) groups is 1. The van der Waals surface area contributed by atoms with E-state index in [0.717, 1.165) is 64.1 Å². The first-order valence-electron chi connectivity index (χ1n) is 12.8. The summed E-state index contributed by atoms with van der Waals surface area (Å²) in [4.78, 5) is 23.8. The minimum Gasteiger partial charge on any atom is -1.00 e. The average Bonchev–Trinajstić information content (AvgIpc) is 3.17. The molecule has 4 rings (SSSR count). The monoisotopic (exact) mass is 532 g/mol. The van der Waals surface area contributed by atoms with E-state index in [-0.39, 0.29) is 42.7 Å². The van der Waals surface area contributed by atoms with Crippen LogP contribution in [0.4, 0.5) is 5.95 Å². The first-order valence-corrected chi connectivity index (χ1v) is 12.8. The van der Waals surface area contributed by atoms with Crippen LogP contribution in [0.3, 0.4) is 0 Å². The number of hydroxylamine groups is 6. The molecule has 0 aromatic carbocycles. The molecule has 0 radical (unpaired) electrons.